The van der Waals surface area contributed by atoms with E-state index in [4.69, 9.17) is 4.74 Å². The molecule has 0 amide bonds. The van der Waals surface area contributed by atoms with Crippen LogP contribution >= 0.6 is 12.6 Å². The molecule has 0 aliphatic carbocycles. The maximum absolute atomic E-state index is 5.81. The van der Waals surface area contributed by atoms with E-state index in [2.05, 4.69) is 27.9 Å². The van der Waals surface area contributed by atoms with E-state index in [0.29, 0.717) is 6.54 Å². The lowest BCUT2D eigenvalue weighted by Gasteiger charge is -2.11. The van der Waals surface area contributed by atoms with Crippen molar-refractivity contribution in [2.75, 3.05) is 0 Å². The molecule has 0 radical (unpaired) electrons. The summed E-state index contributed by atoms with van der Waals surface area (Å²) in [5.74, 6) is 1.49. The molecule has 0 saturated heterocycles. The predicted octanol–water partition coefficient (Wildman–Crippen LogP) is 4.87. The van der Waals surface area contributed by atoms with Crippen molar-refractivity contribution >= 4 is 12.6 Å². The van der Waals surface area contributed by atoms with Crippen LogP contribution in [0, 0.1) is 0 Å². The van der Waals surface area contributed by atoms with E-state index >= 15 is 0 Å². The quantitative estimate of drug-likeness (QED) is 0.621. The summed E-state index contributed by atoms with van der Waals surface area (Å²) in [6.45, 7) is 5.49. The smallest absolute Gasteiger partial charge is 0.145 e. The standard InChI is InChI=1S/C18H17N3OS.C2H6/c23-18-4-3-16(22-17-2-1-7-20-13-17)10-15(18)12-21-11-14-5-8-19-9-6-14;1-2/h1-10,13,21,23H,11-12H2;1-2H3. The first kappa shape index (κ1) is 19.0. The first-order valence-electron chi connectivity index (χ1n) is 8.30. The molecular formula is C20H23N3OS. The molecule has 0 fully saturated rings. The van der Waals surface area contributed by atoms with Gasteiger partial charge in [0.2, 0.25) is 0 Å². The number of pyridine rings is 2. The van der Waals surface area contributed by atoms with E-state index in [1.807, 2.05) is 56.3 Å². The number of hydrogen-bond donors (Lipinski definition) is 2. The molecule has 3 aromatic rings. The highest BCUT2D eigenvalue weighted by Gasteiger charge is 2.04. The number of nitrogens with zero attached hydrogens (tertiary/aromatic N) is 2. The zero-order chi connectivity index (χ0) is 17.9. The predicted molar refractivity (Wildman–Crippen MR) is 104 cm³/mol. The lowest BCUT2D eigenvalue weighted by atomic mass is 10.2. The fraction of sp³-hybridized carbons (Fsp3) is 0.200. The van der Waals surface area contributed by atoms with Gasteiger partial charge in [-0.2, -0.15) is 0 Å². The third kappa shape index (κ3) is 6.21. The Bertz CT molecular complexity index is 751. The molecule has 2 heterocycles. The van der Waals surface area contributed by atoms with Crippen LogP contribution in [0.2, 0.25) is 0 Å². The minimum absolute atomic E-state index is 0.714. The Balaban J connectivity index is 0.00000109. The van der Waals surface area contributed by atoms with Gasteiger partial charge in [0.05, 0.1) is 6.20 Å². The van der Waals surface area contributed by atoms with Gasteiger partial charge in [0.1, 0.15) is 11.5 Å². The highest BCUT2D eigenvalue weighted by molar-refractivity contribution is 7.80. The molecule has 2 aromatic heterocycles. The molecule has 0 atom stereocenters. The lowest BCUT2D eigenvalue weighted by Crippen LogP contribution is -2.13. The van der Waals surface area contributed by atoms with Gasteiger partial charge in [-0.3, -0.25) is 9.97 Å². The Morgan fingerprint density at radius 2 is 1.72 bits per heavy atom. The number of hydrogen-bond acceptors (Lipinski definition) is 5. The lowest BCUT2D eigenvalue weighted by molar-refractivity contribution is 0.478. The van der Waals surface area contributed by atoms with Gasteiger partial charge in [-0.1, -0.05) is 13.8 Å². The Hall–Kier alpha value is -2.37. The zero-order valence-corrected chi connectivity index (χ0v) is 15.4. The Morgan fingerprint density at radius 1 is 0.920 bits per heavy atom. The van der Waals surface area contributed by atoms with Gasteiger partial charge in [0.15, 0.2) is 0 Å². The van der Waals surface area contributed by atoms with Crippen molar-refractivity contribution < 1.29 is 4.74 Å². The Labute approximate surface area is 154 Å². The second kappa shape index (κ2) is 10.5. The molecule has 0 spiro atoms. The van der Waals surface area contributed by atoms with Crippen LogP contribution in [0.5, 0.6) is 11.5 Å². The monoisotopic (exact) mass is 353 g/mol. The molecule has 0 aliphatic heterocycles. The van der Waals surface area contributed by atoms with Crippen LogP contribution in [0.4, 0.5) is 0 Å². The molecule has 4 nitrogen and oxygen atoms in total. The summed E-state index contributed by atoms with van der Waals surface area (Å²) in [5.41, 5.74) is 2.28. The fourth-order valence-corrected chi connectivity index (χ4v) is 2.37. The van der Waals surface area contributed by atoms with Crippen molar-refractivity contribution in [1.29, 1.82) is 0 Å². The normalized spacial score (nSPS) is 9.88. The molecule has 5 heteroatoms. The van der Waals surface area contributed by atoms with Crippen molar-refractivity contribution in [3.63, 3.8) is 0 Å². The van der Waals surface area contributed by atoms with Gasteiger partial charge in [-0.05, 0) is 53.6 Å². The van der Waals surface area contributed by atoms with Crippen LogP contribution in [0.15, 0.2) is 72.1 Å². The van der Waals surface area contributed by atoms with Gasteiger partial charge in [0.25, 0.3) is 0 Å². The van der Waals surface area contributed by atoms with Crippen LogP contribution in [-0.2, 0) is 13.1 Å². The molecule has 130 valence electrons. The van der Waals surface area contributed by atoms with E-state index < -0.39 is 0 Å². The second-order valence-corrected chi connectivity index (χ2v) is 5.52. The molecular weight excluding hydrogens is 330 g/mol. The number of rotatable bonds is 6. The number of aromatic nitrogens is 2. The summed E-state index contributed by atoms with van der Waals surface area (Å²) in [5, 5.41) is 3.41. The topological polar surface area (TPSA) is 47.0 Å². The maximum Gasteiger partial charge on any atom is 0.145 e. The van der Waals surface area contributed by atoms with Crippen molar-refractivity contribution in [2.24, 2.45) is 0 Å². The van der Waals surface area contributed by atoms with E-state index in [1.165, 1.54) is 5.56 Å². The summed E-state index contributed by atoms with van der Waals surface area (Å²) in [7, 11) is 0. The third-order valence-corrected chi connectivity index (χ3v) is 3.75. The molecule has 0 unspecified atom stereocenters. The first-order valence-corrected chi connectivity index (χ1v) is 8.75. The summed E-state index contributed by atoms with van der Waals surface area (Å²) in [4.78, 5) is 9.00. The van der Waals surface area contributed by atoms with Gasteiger partial charge >= 0.3 is 0 Å². The van der Waals surface area contributed by atoms with Crippen LogP contribution in [-0.4, -0.2) is 9.97 Å². The van der Waals surface area contributed by atoms with Crippen molar-refractivity contribution in [3.05, 3.63) is 78.4 Å². The van der Waals surface area contributed by atoms with Gasteiger partial charge in [-0.15, -0.1) is 12.6 Å². The Kier molecular flexibility index (Phi) is 7.95. The minimum atomic E-state index is 0.714. The maximum atomic E-state index is 5.81. The SMILES string of the molecule is CC.Sc1ccc(Oc2cccnc2)cc1CNCc1ccncc1. The number of ether oxygens (including phenoxy) is 1. The van der Waals surface area contributed by atoms with Crippen molar-refractivity contribution in [1.82, 2.24) is 15.3 Å². The largest absolute Gasteiger partial charge is 0.456 e. The highest BCUT2D eigenvalue weighted by atomic mass is 32.1. The highest BCUT2D eigenvalue weighted by Crippen LogP contribution is 2.25. The van der Waals surface area contributed by atoms with E-state index in [0.717, 1.165) is 28.5 Å². The molecule has 0 bridgehead atoms. The van der Waals surface area contributed by atoms with Gasteiger partial charge in [-0.25, -0.2) is 0 Å². The fourth-order valence-electron chi connectivity index (χ4n) is 2.15. The number of nitrogens with one attached hydrogen (secondary N) is 1. The number of thiol groups is 1. The summed E-state index contributed by atoms with van der Waals surface area (Å²) < 4.78 is 5.81. The zero-order valence-electron chi connectivity index (χ0n) is 14.5. The Morgan fingerprint density at radius 3 is 2.44 bits per heavy atom. The van der Waals surface area contributed by atoms with E-state index in [-0.39, 0.29) is 0 Å². The second-order valence-electron chi connectivity index (χ2n) is 5.04. The molecule has 25 heavy (non-hydrogen) atoms. The molecule has 0 aliphatic rings. The minimum Gasteiger partial charge on any atom is -0.456 e. The van der Waals surface area contributed by atoms with Crippen molar-refractivity contribution in [2.45, 2.75) is 31.8 Å². The third-order valence-electron chi connectivity index (χ3n) is 3.31. The van der Waals surface area contributed by atoms with E-state index in [9.17, 15) is 0 Å². The van der Waals surface area contributed by atoms with Gasteiger partial charge < -0.3 is 10.1 Å². The first-order chi connectivity index (χ1) is 12.3. The molecule has 1 N–H and O–H groups in total. The molecule has 3 rings (SSSR count). The number of benzene rings is 1. The van der Waals surface area contributed by atoms with Gasteiger partial charge in [0, 0.05) is 36.6 Å². The average Bonchev–Trinajstić information content (AvgIpc) is 2.68. The summed E-state index contributed by atoms with van der Waals surface area (Å²) in [6.07, 6.45) is 7.00. The summed E-state index contributed by atoms with van der Waals surface area (Å²) >= 11 is 4.51. The van der Waals surface area contributed by atoms with Crippen LogP contribution < -0.4 is 10.1 Å². The van der Waals surface area contributed by atoms with Crippen LogP contribution in [0.3, 0.4) is 0 Å². The van der Waals surface area contributed by atoms with E-state index in [1.54, 1.807) is 24.8 Å². The van der Waals surface area contributed by atoms with Crippen LogP contribution in [0.1, 0.15) is 25.0 Å². The average molecular weight is 353 g/mol. The van der Waals surface area contributed by atoms with Crippen LogP contribution in [0.25, 0.3) is 0 Å². The molecule has 0 saturated carbocycles. The summed E-state index contributed by atoms with van der Waals surface area (Å²) in [6, 6.07) is 13.6. The van der Waals surface area contributed by atoms with Crippen molar-refractivity contribution in [3.8, 4) is 11.5 Å². The molecule has 1 aromatic carbocycles.